The SMILES string of the molecule is Cc1ccc(C)c(N(CC(=O)N(CCc2ccccc2)[C@H](C)C(=O)NC2CCCCC2)S(C)(=O)=O)c1. The topological polar surface area (TPSA) is 86.8 Å². The number of nitrogens with zero attached hydrogens (tertiary/aromatic N) is 2. The zero-order valence-electron chi connectivity index (χ0n) is 21.9. The summed E-state index contributed by atoms with van der Waals surface area (Å²) in [5.74, 6) is -0.593. The van der Waals surface area contributed by atoms with E-state index in [1.807, 2.05) is 56.3 Å². The van der Waals surface area contributed by atoms with Gasteiger partial charge in [-0.05, 0) is 62.8 Å². The molecular weight excluding hydrogens is 474 g/mol. The van der Waals surface area contributed by atoms with Crippen molar-refractivity contribution in [2.45, 2.75) is 71.4 Å². The van der Waals surface area contributed by atoms with Gasteiger partial charge in [0.25, 0.3) is 0 Å². The van der Waals surface area contributed by atoms with Crippen LogP contribution in [0, 0.1) is 13.8 Å². The Morgan fingerprint density at radius 3 is 2.33 bits per heavy atom. The fourth-order valence-corrected chi connectivity index (χ4v) is 5.62. The number of carbonyl (C=O) groups is 2. The minimum Gasteiger partial charge on any atom is -0.352 e. The number of hydrogen-bond acceptors (Lipinski definition) is 4. The molecule has 1 aliphatic carbocycles. The Hall–Kier alpha value is -2.87. The molecule has 1 fully saturated rings. The van der Waals surface area contributed by atoms with Gasteiger partial charge in [0, 0.05) is 12.6 Å². The smallest absolute Gasteiger partial charge is 0.244 e. The second-order valence-electron chi connectivity index (χ2n) is 9.90. The van der Waals surface area contributed by atoms with Gasteiger partial charge in [0.05, 0.1) is 11.9 Å². The first kappa shape index (κ1) is 27.7. The number of anilines is 1. The van der Waals surface area contributed by atoms with Gasteiger partial charge < -0.3 is 10.2 Å². The van der Waals surface area contributed by atoms with Crippen LogP contribution >= 0.6 is 0 Å². The van der Waals surface area contributed by atoms with E-state index in [1.54, 1.807) is 13.0 Å². The van der Waals surface area contributed by atoms with E-state index in [2.05, 4.69) is 5.32 Å². The third kappa shape index (κ3) is 7.56. The highest BCUT2D eigenvalue weighted by molar-refractivity contribution is 7.92. The van der Waals surface area contributed by atoms with Gasteiger partial charge in [-0.3, -0.25) is 13.9 Å². The standard InChI is InChI=1S/C28H39N3O4S/c1-21-15-16-22(2)26(19-21)31(36(4,34)35)20-27(32)30(18-17-24-11-7-5-8-12-24)23(3)28(33)29-25-13-9-6-10-14-25/h5,7-8,11-12,15-16,19,23,25H,6,9-10,13-14,17-18,20H2,1-4H3,(H,29,33)/t23-/m1/s1. The summed E-state index contributed by atoms with van der Waals surface area (Å²) in [6.07, 6.45) is 6.94. The average Bonchev–Trinajstić information content (AvgIpc) is 2.84. The minimum atomic E-state index is -3.74. The molecule has 0 saturated heterocycles. The number of nitrogens with one attached hydrogen (secondary N) is 1. The van der Waals surface area contributed by atoms with Crippen molar-refractivity contribution in [3.8, 4) is 0 Å². The predicted molar refractivity (Wildman–Crippen MR) is 144 cm³/mol. The van der Waals surface area contributed by atoms with Crippen LogP contribution in [0.3, 0.4) is 0 Å². The molecule has 0 heterocycles. The molecule has 0 aliphatic heterocycles. The van der Waals surface area contributed by atoms with E-state index in [1.165, 1.54) is 11.3 Å². The first-order valence-corrected chi connectivity index (χ1v) is 14.6. The van der Waals surface area contributed by atoms with Crippen LogP contribution in [0.5, 0.6) is 0 Å². The Labute approximate surface area is 215 Å². The molecule has 1 atom stereocenters. The van der Waals surface area contributed by atoms with Gasteiger partial charge in [0.1, 0.15) is 12.6 Å². The first-order chi connectivity index (χ1) is 17.1. The zero-order chi connectivity index (χ0) is 26.3. The van der Waals surface area contributed by atoms with Crippen molar-refractivity contribution in [1.29, 1.82) is 0 Å². The van der Waals surface area contributed by atoms with Crippen LogP contribution < -0.4 is 9.62 Å². The van der Waals surface area contributed by atoms with Crippen molar-refractivity contribution in [2.75, 3.05) is 23.7 Å². The third-order valence-electron chi connectivity index (χ3n) is 6.92. The van der Waals surface area contributed by atoms with Gasteiger partial charge in [0.15, 0.2) is 0 Å². The lowest BCUT2D eigenvalue weighted by molar-refractivity contribution is -0.139. The second-order valence-corrected chi connectivity index (χ2v) is 11.8. The predicted octanol–water partition coefficient (Wildman–Crippen LogP) is 3.98. The summed E-state index contributed by atoms with van der Waals surface area (Å²) >= 11 is 0. The van der Waals surface area contributed by atoms with E-state index in [4.69, 9.17) is 0 Å². The van der Waals surface area contributed by atoms with E-state index in [0.29, 0.717) is 18.7 Å². The maximum Gasteiger partial charge on any atom is 0.244 e. The molecule has 0 spiro atoms. The number of sulfonamides is 1. The maximum atomic E-state index is 13.7. The number of hydrogen-bond donors (Lipinski definition) is 1. The Morgan fingerprint density at radius 1 is 1.03 bits per heavy atom. The average molecular weight is 514 g/mol. The maximum absolute atomic E-state index is 13.7. The van der Waals surface area contributed by atoms with Crippen LogP contribution in [0.25, 0.3) is 0 Å². The second kappa shape index (κ2) is 12.4. The third-order valence-corrected chi connectivity index (χ3v) is 8.04. The van der Waals surface area contributed by atoms with Crippen molar-refractivity contribution < 1.29 is 18.0 Å². The van der Waals surface area contributed by atoms with E-state index in [9.17, 15) is 18.0 Å². The Bertz CT molecular complexity index is 1140. The minimum absolute atomic E-state index is 0.127. The fourth-order valence-electron chi connectivity index (χ4n) is 4.72. The molecule has 7 nitrogen and oxygen atoms in total. The van der Waals surface area contributed by atoms with E-state index in [-0.39, 0.29) is 18.5 Å². The normalized spacial score (nSPS) is 15.2. The largest absolute Gasteiger partial charge is 0.352 e. The quantitative estimate of drug-likeness (QED) is 0.521. The molecule has 36 heavy (non-hydrogen) atoms. The molecule has 0 radical (unpaired) electrons. The molecule has 1 saturated carbocycles. The highest BCUT2D eigenvalue weighted by atomic mass is 32.2. The summed E-state index contributed by atoms with van der Waals surface area (Å²) in [6.45, 7) is 5.38. The molecule has 2 aromatic carbocycles. The number of rotatable bonds is 10. The lowest BCUT2D eigenvalue weighted by Gasteiger charge is -2.33. The summed E-state index contributed by atoms with van der Waals surface area (Å²) in [6, 6.07) is 14.7. The summed E-state index contributed by atoms with van der Waals surface area (Å²) < 4.78 is 26.7. The highest BCUT2D eigenvalue weighted by Crippen LogP contribution is 2.24. The van der Waals surface area contributed by atoms with Crippen LogP contribution in [0.15, 0.2) is 48.5 Å². The molecule has 3 rings (SSSR count). The monoisotopic (exact) mass is 513 g/mol. The highest BCUT2D eigenvalue weighted by Gasteiger charge is 2.31. The van der Waals surface area contributed by atoms with Crippen LogP contribution in [-0.2, 0) is 26.0 Å². The van der Waals surface area contributed by atoms with E-state index < -0.39 is 22.0 Å². The summed E-state index contributed by atoms with van der Waals surface area (Å²) in [5.41, 5.74) is 3.19. The van der Waals surface area contributed by atoms with Crippen LogP contribution in [0.1, 0.15) is 55.7 Å². The van der Waals surface area contributed by atoms with Crippen molar-refractivity contribution >= 4 is 27.5 Å². The van der Waals surface area contributed by atoms with E-state index >= 15 is 0 Å². The lowest BCUT2D eigenvalue weighted by atomic mass is 9.95. The first-order valence-electron chi connectivity index (χ1n) is 12.7. The van der Waals surface area contributed by atoms with Crippen molar-refractivity contribution in [1.82, 2.24) is 10.2 Å². The molecule has 8 heteroatoms. The van der Waals surface area contributed by atoms with Crippen molar-refractivity contribution in [3.05, 3.63) is 65.2 Å². The molecule has 0 unspecified atom stereocenters. The molecule has 0 bridgehead atoms. The van der Waals surface area contributed by atoms with Crippen LogP contribution in [0.4, 0.5) is 5.69 Å². The number of carbonyl (C=O) groups excluding carboxylic acids is 2. The molecule has 1 aliphatic rings. The summed E-state index contributed by atoms with van der Waals surface area (Å²) in [4.78, 5) is 28.4. The number of benzene rings is 2. The Balaban J connectivity index is 1.84. The fraction of sp³-hybridized carbons (Fsp3) is 0.500. The van der Waals surface area contributed by atoms with Gasteiger partial charge in [-0.2, -0.15) is 0 Å². The zero-order valence-corrected chi connectivity index (χ0v) is 22.7. The summed E-state index contributed by atoms with van der Waals surface area (Å²) in [7, 11) is -3.74. The van der Waals surface area contributed by atoms with Gasteiger partial charge in [0.2, 0.25) is 21.8 Å². The number of aryl methyl sites for hydroxylation is 2. The van der Waals surface area contributed by atoms with Gasteiger partial charge in [-0.1, -0.05) is 61.7 Å². The van der Waals surface area contributed by atoms with Gasteiger partial charge in [-0.25, -0.2) is 8.42 Å². The Kier molecular flexibility index (Phi) is 9.54. The molecule has 2 amide bonds. The molecular formula is C28H39N3O4S. The number of amides is 2. The molecule has 0 aromatic heterocycles. The molecule has 196 valence electrons. The van der Waals surface area contributed by atoms with Crippen molar-refractivity contribution in [2.24, 2.45) is 0 Å². The summed E-state index contributed by atoms with van der Waals surface area (Å²) in [5, 5.41) is 3.12. The van der Waals surface area contributed by atoms with Gasteiger partial charge in [-0.15, -0.1) is 0 Å². The molecule has 1 N–H and O–H groups in total. The van der Waals surface area contributed by atoms with Gasteiger partial charge >= 0.3 is 0 Å². The van der Waals surface area contributed by atoms with Crippen LogP contribution in [0.2, 0.25) is 0 Å². The van der Waals surface area contributed by atoms with Crippen molar-refractivity contribution in [3.63, 3.8) is 0 Å². The molecule has 2 aromatic rings. The lowest BCUT2D eigenvalue weighted by Crippen LogP contribution is -2.53. The Morgan fingerprint density at radius 2 is 1.69 bits per heavy atom. The van der Waals surface area contributed by atoms with E-state index in [0.717, 1.165) is 52.9 Å². The van der Waals surface area contributed by atoms with Crippen LogP contribution in [-0.4, -0.2) is 56.6 Å².